The molecule has 4 rings (SSSR count). The molecule has 0 saturated carbocycles. The summed E-state index contributed by atoms with van der Waals surface area (Å²) in [4.78, 5) is 22.7. The fourth-order valence-corrected chi connectivity index (χ4v) is 3.04. The van der Waals surface area contributed by atoms with Gasteiger partial charge in [0, 0.05) is 22.2 Å². The molecule has 22 heavy (non-hydrogen) atoms. The Morgan fingerprint density at radius 2 is 1.77 bits per heavy atom. The molecule has 0 aliphatic carbocycles. The average Bonchev–Trinajstić information content (AvgIpc) is 2.89. The second-order valence-electron chi connectivity index (χ2n) is 5.49. The number of nitrogens with one attached hydrogen (secondary N) is 1. The fourth-order valence-electron chi connectivity index (χ4n) is 3.04. The summed E-state index contributed by atoms with van der Waals surface area (Å²) < 4.78 is 0. The maximum atomic E-state index is 11.9. The predicted octanol–water partition coefficient (Wildman–Crippen LogP) is 3.81. The van der Waals surface area contributed by atoms with E-state index in [0.717, 1.165) is 40.3 Å². The fraction of sp³-hybridized carbons (Fsp3) is 0.0526. The van der Waals surface area contributed by atoms with Crippen LogP contribution in [0, 0.1) is 0 Å². The van der Waals surface area contributed by atoms with Gasteiger partial charge in [-0.2, -0.15) is 0 Å². The molecule has 3 aromatic carbocycles. The molecule has 1 aliphatic heterocycles. The quantitative estimate of drug-likeness (QED) is 0.745. The van der Waals surface area contributed by atoms with Gasteiger partial charge in [-0.25, -0.2) is 0 Å². The molecule has 0 aromatic heterocycles. The van der Waals surface area contributed by atoms with Gasteiger partial charge in [0.25, 0.3) is 5.91 Å². The lowest BCUT2D eigenvalue weighted by Gasteiger charge is -2.08. The van der Waals surface area contributed by atoms with E-state index < -0.39 is 0 Å². The molecule has 3 nitrogen and oxygen atoms in total. The minimum Gasteiger partial charge on any atom is -0.321 e. The van der Waals surface area contributed by atoms with Gasteiger partial charge in [-0.3, -0.25) is 9.59 Å². The van der Waals surface area contributed by atoms with E-state index in [1.165, 1.54) is 5.56 Å². The van der Waals surface area contributed by atoms with Crippen molar-refractivity contribution in [3.05, 3.63) is 76.9 Å². The van der Waals surface area contributed by atoms with E-state index >= 15 is 0 Å². The number of amides is 1. The summed E-state index contributed by atoms with van der Waals surface area (Å²) in [5.41, 5.74) is 4.62. The second kappa shape index (κ2) is 4.81. The van der Waals surface area contributed by atoms with E-state index in [1.807, 2.05) is 42.5 Å². The van der Waals surface area contributed by atoms with Crippen LogP contribution >= 0.6 is 0 Å². The van der Waals surface area contributed by atoms with Gasteiger partial charge in [0.15, 0.2) is 0 Å². The molecule has 106 valence electrons. The molecule has 0 saturated heterocycles. The van der Waals surface area contributed by atoms with Crippen molar-refractivity contribution in [2.24, 2.45) is 0 Å². The smallest absolute Gasteiger partial charge is 0.256 e. The van der Waals surface area contributed by atoms with Gasteiger partial charge in [0.1, 0.15) is 6.29 Å². The first-order chi connectivity index (χ1) is 10.8. The van der Waals surface area contributed by atoms with Crippen LogP contribution in [0.15, 0.2) is 54.6 Å². The largest absolute Gasteiger partial charge is 0.321 e. The third kappa shape index (κ3) is 1.91. The molecular formula is C19H13NO2. The average molecular weight is 287 g/mol. The van der Waals surface area contributed by atoms with Gasteiger partial charge in [-0.1, -0.05) is 42.5 Å². The van der Waals surface area contributed by atoms with Gasteiger partial charge in [0.05, 0.1) is 0 Å². The number of hydrogen-bond acceptors (Lipinski definition) is 2. The van der Waals surface area contributed by atoms with Crippen molar-refractivity contribution in [1.29, 1.82) is 0 Å². The lowest BCUT2D eigenvalue weighted by atomic mass is 9.96. The molecule has 3 aromatic rings. The highest BCUT2D eigenvalue weighted by atomic mass is 16.1. The van der Waals surface area contributed by atoms with Crippen molar-refractivity contribution in [1.82, 2.24) is 0 Å². The van der Waals surface area contributed by atoms with Crippen LogP contribution < -0.4 is 5.32 Å². The van der Waals surface area contributed by atoms with Crippen LogP contribution in [0.1, 0.15) is 31.8 Å². The summed E-state index contributed by atoms with van der Waals surface area (Å²) in [6.07, 6.45) is 1.62. The highest BCUT2D eigenvalue weighted by Gasteiger charge is 2.21. The first kappa shape index (κ1) is 12.8. The second-order valence-corrected chi connectivity index (χ2v) is 5.49. The standard InChI is InChI=1S/C19H13NO2/c21-11-13-6-4-12(5-7-13)10-14-8-9-17-18-15(14)2-1-3-16(18)19(22)20-17/h1-9,11H,10H2,(H,20,22). The summed E-state index contributed by atoms with van der Waals surface area (Å²) in [5.74, 6) is -0.0342. The minimum atomic E-state index is -0.0342. The highest BCUT2D eigenvalue weighted by Crippen LogP contribution is 2.35. The molecule has 0 fully saturated rings. The Kier molecular flexibility index (Phi) is 2.79. The van der Waals surface area contributed by atoms with Crippen LogP contribution in [0.2, 0.25) is 0 Å². The van der Waals surface area contributed by atoms with Crippen molar-refractivity contribution in [2.45, 2.75) is 6.42 Å². The SMILES string of the molecule is O=Cc1ccc(Cc2ccc3c4c(cccc24)C(=O)N3)cc1. The van der Waals surface area contributed by atoms with Crippen LogP contribution in [-0.4, -0.2) is 12.2 Å². The number of anilines is 1. The summed E-state index contributed by atoms with van der Waals surface area (Å²) in [6.45, 7) is 0. The Labute approximate surface area is 127 Å². The Hall–Kier alpha value is -2.94. The Morgan fingerprint density at radius 3 is 2.55 bits per heavy atom. The minimum absolute atomic E-state index is 0.0342. The van der Waals surface area contributed by atoms with Crippen molar-refractivity contribution in [3.8, 4) is 0 Å². The molecule has 0 atom stereocenters. The van der Waals surface area contributed by atoms with Crippen molar-refractivity contribution < 1.29 is 9.59 Å². The first-order valence-electron chi connectivity index (χ1n) is 7.16. The van der Waals surface area contributed by atoms with E-state index in [0.29, 0.717) is 5.56 Å². The summed E-state index contributed by atoms with van der Waals surface area (Å²) in [5, 5.41) is 5.01. The summed E-state index contributed by atoms with van der Waals surface area (Å²) in [7, 11) is 0. The van der Waals surface area contributed by atoms with Gasteiger partial charge in [0.2, 0.25) is 0 Å². The Balaban J connectivity index is 1.81. The zero-order valence-electron chi connectivity index (χ0n) is 11.8. The van der Waals surface area contributed by atoms with E-state index in [1.54, 1.807) is 0 Å². The van der Waals surface area contributed by atoms with Crippen molar-refractivity contribution in [3.63, 3.8) is 0 Å². The van der Waals surface area contributed by atoms with E-state index in [2.05, 4.69) is 17.4 Å². The maximum Gasteiger partial charge on any atom is 0.256 e. The van der Waals surface area contributed by atoms with Crippen LogP contribution in [0.25, 0.3) is 10.8 Å². The van der Waals surface area contributed by atoms with Gasteiger partial charge in [-0.05, 0) is 35.1 Å². The zero-order chi connectivity index (χ0) is 15.1. The number of rotatable bonds is 3. The monoisotopic (exact) mass is 287 g/mol. The first-order valence-corrected chi connectivity index (χ1v) is 7.16. The molecule has 1 N–H and O–H groups in total. The highest BCUT2D eigenvalue weighted by molar-refractivity contribution is 6.24. The molecule has 1 aliphatic rings. The topological polar surface area (TPSA) is 46.2 Å². The zero-order valence-corrected chi connectivity index (χ0v) is 11.8. The van der Waals surface area contributed by atoms with Crippen LogP contribution in [-0.2, 0) is 6.42 Å². The Bertz CT molecular complexity index is 911. The van der Waals surface area contributed by atoms with Crippen LogP contribution in [0.4, 0.5) is 5.69 Å². The molecule has 0 spiro atoms. The molecule has 1 heterocycles. The van der Waals surface area contributed by atoms with E-state index in [4.69, 9.17) is 0 Å². The normalized spacial score (nSPS) is 12.5. The lowest BCUT2D eigenvalue weighted by Crippen LogP contribution is -2.03. The van der Waals surface area contributed by atoms with E-state index in [-0.39, 0.29) is 5.91 Å². The van der Waals surface area contributed by atoms with Crippen LogP contribution in [0.3, 0.4) is 0 Å². The molecular weight excluding hydrogens is 274 g/mol. The number of carbonyl (C=O) groups excluding carboxylic acids is 2. The molecule has 0 radical (unpaired) electrons. The molecule has 3 heteroatoms. The van der Waals surface area contributed by atoms with Gasteiger partial charge in [-0.15, -0.1) is 0 Å². The van der Waals surface area contributed by atoms with Gasteiger partial charge < -0.3 is 5.32 Å². The van der Waals surface area contributed by atoms with Crippen molar-refractivity contribution in [2.75, 3.05) is 5.32 Å². The number of hydrogen-bond donors (Lipinski definition) is 1. The number of aldehydes is 1. The van der Waals surface area contributed by atoms with E-state index in [9.17, 15) is 9.59 Å². The third-order valence-corrected chi connectivity index (χ3v) is 4.13. The summed E-state index contributed by atoms with van der Waals surface area (Å²) in [6, 6.07) is 17.4. The molecule has 0 unspecified atom stereocenters. The number of benzene rings is 3. The lowest BCUT2D eigenvalue weighted by molar-refractivity contribution is 0.103. The van der Waals surface area contributed by atoms with Crippen LogP contribution in [0.5, 0.6) is 0 Å². The molecule has 0 bridgehead atoms. The third-order valence-electron chi connectivity index (χ3n) is 4.13. The predicted molar refractivity (Wildman–Crippen MR) is 86.5 cm³/mol. The Morgan fingerprint density at radius 1 is 0.955 bits per heavy atom. The van der Waals surface area contributed by atoms with Crippen molar-refractivity contribution >= 4 is 28.7 Å². The molecule has 1 amide bonds. The van der Waals surface area contributed by atoms with Gasteiger partial charge >= 0.3 is 0 Å². The number of carbonyl (C=O) groups is 2. The maximum absolute atomic E-state index is 11.9. The summed E-state index contributed by atoms with van der Waals surface area (Å²) >= 11 is 0.